The summed E-state index contributed by atoms with van der Waals surface area (Å²) in [5.74, 6) is 5.53. The smallest absolute Gasteiger partial charge is 0.241 e. The summed E-state index contributed by atoms with van der Waals surface area (Å²) in [5, 5.41) is 3.98. The third-order valence-electron chi connectivity index (χ3n) is 2.67. The number of pyridine rings is 1. The normalized spacial score (nSPS) is 13.1. The number of nitrogens with two attached hydrogens (primary N) is 1. The molecule has 0 saturated carbocycles. The van der Waals surface area contributed by atoms with E-state index in [9.17, 15) is 8.42 Å². The van der Waals surface area contributed by atoms with Gasteiger partial charge >= 0.3 is 0 Å². The molecule has 0 fully saturated rings. The Morgan fingerprint density at radius 3 is 2.90 bits per heavy atom. The Morgan fingerprint density at radius 1 is 1.45 bits per heavy atom. The molecule has 8 heteroatoms. The van der Waals surface area contributed by atoms with Crippen molar-refractivity contribution in [1.82, 2.24) is 9.71 Å². The SMILES string of the molecule is CC(Cc1ccsc1)NS(=O)(=O)c1ccnc(NN)c1. The number of rotatable bonds is 6. The van der Waals surface area contributed by atoms with Gasteiger partial charge in [-0.1, -0.05) is 0 Å². The molecule has 0 aliphatic heterocycles. The molecule has 0 amide bonds. The molecule has 1 unspecified atom stereocenters. The number of hydrazine groups is 1. The van der Waals surface area contributed by atoms with E-state index in [0.29, 0.717) is 12.2 Å². The lowest BCUT2D eigenvalue weighted by Crippen LogP contribution is -2.34. The van der Waals surface area contributed by atoms with Crippen LogP contribution in [0.3, 0.4) is 0 Å². The summed E-state index contributed by atoms with van der Waals surface area (Å²) < 4.78 is 27.1. The quantitative estimate of drug-likeness (QED) is 0.552. The van der Waals surface area contributed by atoms with Crippen LogP contribution in [-0.2, 0) is 16.4 Å². The van der Waals surface area contributed by atoms with E-state index in [1.54, 1.807) is 11.3 Å². The van der Waals surface area contributed by atoms with Crippen LogP contribution in [0.2, 0.25) is 0 Å². The van der Waals surface area contributed by atoms with Crippen LogP contribution in [0.25, 0.3) is 0 Å². The maximum atomic E-state index is 12.2. The second kappa shape index (κ2) is 6.31. The lowest BCUT2D eigenvalue weighted by atomic mass is 10.1. The number of hydrogen-bond acceptors (Lipinski definition) is 6. The summed E-state index contributed by atoms with van der Waals surface area (Å²) in [7, 11) is -3.58. The van der Waals surface area contributed by atoms with Gasteiger partial charge in [0.1, 0.15) is 5.82 Å². The number of nitrogens with one attached hydrogen (secondary N) is 2. The fourth-order valence-corrected chi connectivity index (χ4v) is 3.73. The first-order valence-corrected chi connectivity index (χ1v) is 8.40. The highest BCUT2D eigenvalue weighted by atomic mass is 32.2. The Kier molecular flexibility index (Phi) is 4.71. The van der Waals surface area contributed by atoms with Crippen molar-refractivity contribution < 1.29 is 8.42 Å². The van der Waals surface area contributed by atoms with Gasteiger partial charge < -0.3 is 5.43 Å². The van der Waals surface area contributed by atoms with Gasteiger partial charge in [0.05, 0.1) is 4.90 Å². The zero-order chi connectivity index (χ0) is 14.6. The monoisotopic (exact) mass is 312 g/mol. The van der Waals surface area contributed by atoms with E-state index in [0.717, 1.165) is 5.56 Å². The first-order valence-electron chi connectivity index (χ1n) is 5.97. The Bertz CT molecular complexity index is 656. The molecule has 4 N–H and O–H groups in total. The summed E-state index contributed by atoms with van der Waals surface area (Å²) in [6.45, 7) is 1.83. The maximum absolute atomic E-state index is 12.2. The molecule has 2 aromatic heterocycles. The number of hydrogen-bond donors (Lipinski definition) is 3. The molecule has 0 bridgehead atoms. The van der Waals surface area contributed by atoms with Gasteiger partial charge in [0, 0.05) is 18.3 Å². The van der Waals surface area contributed by atoms with Crippen LogP contribution in [0, 0.1) is 0 Å². The minimum atomic E-state index is -3.58. The number of thiophene rings is 1. The summed E-state index contributed by atoms with van der Waals surface area (Å²) >= 11 is 1.59. The molecule has 1 atom stereocenters. The molecule has 0 spiro atoms. The topological polar surface area (TPSA) is 97.1 Å². The lowest BCUT2D eigenvalue weighted by Gasteiger charge is -2.14. The largest absolute Gasteiger partial charge is 0.308 e. The predicted octanol–water partition coefficient (Wildman–Crippen LogP) is 1.34. The third-order valence-corrected chi connectivity index (χ3v) is 4.99. The average Bonchev–Trinajstić information content (AvgIpc) is 2.91. The van der Waals surface area contributed by atoms with Gasteiger partial charge in [-0.25, -0.2) is 24.0 Å². The van der Waals surface area contributed by atoms with Crippen LogP contribution in [0.15, 0.2) is 40.1 Å². The van der Waals surface area contributed by atoms with E-state index in [2.05, 4.69) is 15.1 Å². The first kappa shape index (κ1) is 14.9. The van der Waals surface area contributed by atoms with Crippen LogP contribution in [0.4, 0.5) is 5.82 Å². The second-order valence-electron chi connectivity index (χ2n) is 4.38. The minimum absolute atomic E-state index is 0.137. The van der Waals surface area contributed by atoms with Gasteiger partial charge in [-0.05, 0) is 41.8 Å². The van der Waals surface area contributed by atoms with Crippen molar-refractivity contribution in [2.45, 2.75) is 24.3 Å². The van der Waals surface area contributed by atoms with Crippen molar-refractivity contribution in [3.63, 3.8) is 0 Å². The van der Waals surface area contributed by atoms with Gasteiger partial charge in [0.15, 0.2) is 0 Å². The zero-order valence-corrected chi connectivity index (χ0v) is 12.5. The summed E-state index contributed by atoms with van der Waals surface area (Å²) in [6, 6.07) is 4.61. The van der Waals surface area contributed by atoms with E-state index in [-0.39, 0.29) is 10.9 Å². The Hall–Kier alpha value is -1.48. The molecule has 0 aliphatic rings. The van der Waals surface area contributed by atoms with E-state index >= 15 is 0 Å². The van der Waals surface area contributed by atoms with Crippen molar-refractivity contribution in [3.8, 4) is 0 Å². The summed E-state index contributed by atoms with van der Waals surface area (Å²) in [5.41, 5.74) is 3.44. The highest BCUT2D eigenvalue weighted by Crippen LogP contribution is 2.14. The van der Waals surface area contributed by atoms with Crippen LogP contribution < -0.4 is 16.0 Å². The maximum Gasteiger partial charge on any atom is 0.241 e. The van der Waals surface area contributed by atoms with Gasteiger partial charge in [-0.15, -0.1) is 0 Å². The summed E-state index contributed by atoms with van der Waals surface area (Å²) in [6.07, 6.45) is 2.04. The standard InChI is InChI=1S/C12H16N4O2S2/c1-9(6-10-3-5-19-8-10)16-20(17,18)11-2-4-14-12(7-11)15-13/h2-5,7-9,16H,6,13H2,1H3,(H,14,15). The van der Waals surface area contributed by atoms with Crippen molar-refractivity contribution >= 4 is 27.2 Å². The average molecular weight is 312 g/mol. The number of nitrogen functional groups attached to an aromatic ring is 1. The van der Waals surface area contributed by atoms with E-state index < -0.39 is 10.0 Å². The fourth-order valence-electron chi connectivity index (χ4n) is 1.79. The van der Waals surface area contributed by atoms with Crippen molar-refractivity contribution in [3.05, 3.63) is 40.7 Å². The van der Waals surface area contributed by atoms with Gasteiger partial charge in [-0.3, -0.25) is 0 Å². The molecule has 0 radical (unpaired) electrons. The summed E-state index contributed by atoms with van der Waals surface area (Å²) in [4.78, 5) is 4.02. The van der Waals surface area contributed by atoms with E-state index in [4.69, 9.17) is 5.84 Å². The minimum Gasteiger partial charge on any atom is -0.308 e. The molecular formula is C12H16N4O2S2. The highest BCUT2D eigenvalue weighted by molar-refractivity contribution is 7.89. The number of aromatic nitrogens is 1. The van der Waals surface area contributed by atoms with Crippen molar-refractivity contribution in [2.75, 3.05) is 5.43 Å². The molecular weight excluding hydrogens is 296 g/mol. The van der Waals surface area contributed by atoms with Gasteiger partial charge in [-0.2, -0.15) is 11.3 Å². The Balaban J connectivity index is 2.10. The molecule has 108 valence electrons. The van der Waals surface area contributed by atoms with Crippen LogP contribution in [0.1, 0.15) is 12.5 Å². The predicted molar refractivity (Wildman–Crippen MR) is 79.9 cm³/mol. The lowest BCUT2D eigenvalue weighted by molar-refractivity contribution is 0.560. The van der Waals surface area contributed by atoms with Crippen LogP contribution in [-0.4, -0.2) is 19.4 Å². The third kappa shape index (κ3) is 3.76. The van der Waals surface area contributed by atoms with Crippen molar-refractivity contribution in [2.24, 2.45) is 5.84 Å². The van der Waals surface area contributed by atoms with E-state index in [1.807, 2.05) is 23.8 Å². The van der Waals surface area contributed by atoms with Gasteiger partial charge in [0.25, 0.3) is 0 Å². The molecule has 2 rings (SSSR count). The highest BCUT2D eigenvalue weighted by Gasteiger charge is 2.18. The first-order chi connectivity index (χ1) is 9.51. The zero-order valence-electron chi connectivity index (χ0n) is 10.9. The fraction of sp³-hybridized carbons (Fsp3) is 0.250. The van der Waals surface area contributed by atoms with Crippen LogP contribution >= 0.6 is 11.3 Å². The Labute approximate surface area is 122 Å². The molecule has 2 heterocycles. The van der Waals surface area contributed by atoms with Gasteiger partial charge in [0.2, 0.25) is 10.0 Å². The molecule has 0 aromatic carbocycles. The second-order valence-corrected chi connectivity index (χ2v) is 6.87. The van der Waals surface area contributed by atoms with Crippen molar-refractivity contribution in [1.29, 1.82) is 0 Å². The molecule has 20 heavy (non-hydrogen) atoms. The molecule has 0 aliphatic carbocycles. The number of nitrogens with zero attached hydrogens (tertiary/aromatic N) is 1. The van der Waals surface area contributed by atoms with E-state index in [1.165, 1.54) is 18.3 Å². The Morgan fingerprint density at radius 2 is 2.25 bits per heavy atom. The molecule has 2 aromatic rings. The molecule has 6 nitrogen and oxygen atoms in total. The number of sulfonamides is 1. The molecule has 0 saturated heterocycles. The number of anilines is 1. The van der Waals surface area contributed by atoms with Crippen LogP contribution in [0.5, 0.6) is 0 Å².